The van der Waals surface area contributed by atoms with Gasteiger partial charge in [-0.1, -0.05) is 31.2 Å². The molecule has 2 heterocycles. The predicted octanol–water partition coefficient (Wildman–Crippen LogP) is 4.30. The molecule has 0 saturated carbocycles. The minimum Gasteiger partial charge on any atom is -0.454 e. The Morgan fingerprint density at radius 2 is 1.96 bits per heavy atom. The molecular weight excluding hydrogens is 334 g/mol. The molecule has 25 heavy (non-hydrogen) atoms. The van der Waals surface area contributed by atoms with Crippen molar-refractivity contribution in [2.75, 3.05) is 6.61 Å². The summed E-state index contributed by atoms with van der Waals surface area (Å²) in [6.45, 7) is 1.78. The monoisotopic (exact) mass is 351 g/mol. The number of para-hydroxylation sites is 1. The number of thiophene rings is 1. The van der Waals surface area contributed by atoms with Crippen molar-refractivity contribution in [3.63, 3.8) is 0 Å². The molecule has 0 spiro atoms. The quantitative estimate of drug-likeness (QED) is 0.377. The summed E-state index contributed by atoms with van der Waals surface area (Å²) in [7, 11) is 0. The van der Waals surface area contributed by atoms with Crippen LogP contribution in [0, 0.1) is 0 Å². The van der Waals surface area contributed by atoms with Gasteiger partial charge in [0.15, 0.2) is 6.61 Å². The zero-order valence-electron chi connectivity index (χ0n) is 13.8. The normalized spacial score (nSPS) is 11.1. The third-order valence-corrected chi connectivity index (χ3v) is 4.91. The first kappa shape index (κ1) is 17.0. The van der Waals surface area contributed by atoms with Gasteiger partial charge in [-0.3, -0.25) is 4.79 Å². The van der Waals surface area contributed by atoms with Crippen LogP contribution in [0.15, 0.2) is 54.6 Å². The zero-order valence-corrected chi connectivity index (χ0v) is 14.6. The highest BCUT2D eigenvalue weighted by atomic mass is 32.1. The van der Waals surface area contributed by atoms with Crippen LogP contribution in [0.1, 0.15) is 27.2 Å². The minimum absolute atomic E-state index is 0.185. The van der Waals surface area contributed by atoms with Crippen LogP contribution in [0.5, 0.6) is 0 Å². The van der Waals surface area contributed by atoms with E-state index in [0.717, 1.165) is 22.2 Å². The number of rotatable bonds is 6. The highest BCUT2D eigenvalue weighted by Crippen LogP contribution is 2.17. The van der Waals surface area contributed by atoms with Crippen molar-refractivity contribution in [3.8, 4) is 0 Å². The molecule has 2 aromatic heterocycles. The lowest BCUT2D eigenvalue weighted by Gasteiger charge is -2.00. The molecule has 5 heteroatoms. The van der Waals surface area contributed by atoms with E-state index < -0.39 is 5.97 Å². The number of fused-ring (bicyclic) bond motifs is 1. The lowest BCUT2D eigenvalue weighted by molar-refractivity contribution is -0.136. The number of Topliss-reactive ketones (excluding diaryl/α,β-unsaturated/α-hetero) is 1. The molecule has 0 aliphatic carbocycles. The molecular formula is C20H17NO3S. The molecule has 0 N–H and O–H groups in total. The maximum Gasteiger partial charge on any atom is 0.331 e. The number of hydrogen-bond acceptors (Lipinski definition) is 5. The molecule has 0 atom stereocenters. The summed E-state index contributed by atoms with van der Waals surface area (Å²) in [6, 6.07) is 15.2. The summed E-state index contributed by atoms with van der Waals surface area (Å²) in [5, 5.41) is 1.04. The van der Waals surface area contributed by atoms with E-state index in [2.05, 4.69) is 4.98 Å². The summed E-state index contributed by atoms with van der Waals surface area (Å²) in [5.41, 5.74) is 1.52. The van der Waals surface area contributed by atoms with Crippen LogP contribution < -0.4 is 0 Å². The number of carbonyl (C=O) groups excluding carboxylic acids is 2. The van der Waals surface area contributed by atoms with E-state index in [0.29, 0.717) is 10.6 Å². The average molecular weight is 351 g/mol. The smallest absolute Gasteiger partial charge is 0.331 e. The van der Waals surface area contributed by atoms with Crippen molar-refractivity contribution in [3.05, 3.63) is 70.1 Å². The lowest BCUT2D eigenvalue weighted by atomic mass is 10.2. The molecule has 0 amide bonds. The highest BCUT2D eigenvalue weighted by molar-refractivity contribution is 7.14. The Morgan fingerprint density at radius 1 is 1.12 bits per heavy atom. The molecule has 0 unspecified atom stereocenters. The molecule has 0 bridgehead atoms. The molecule has 0 radical (unpaired) electrons. The van der Waals surface area contributed by atoms with E-state index in [1.54, 1.807) is 12.1 Å². The van der Waals surface area contributed by atoms with Crippen LogP contribution in [0.25, 0.3) is 17.0 Å². The first-order valence-corrected chi connectivity index (χ1v) is 8.80. The first-order chi connectivity index (χ1) is 12.2. The van der Waals surface area contributed by atoms with Crippen LogP contribution >= 0.6 is 11.3 Å². The van der Waals surface area contributed by atoms with E-state index in [-0.39, 0.29) is 12.4 Å². The Balaban J connectivity index is 1.57. The fourth-order valence-corrected chi connectivity index (χ4v) is 3.17. The maximum atomic E-state index is 12.0. The maximum absolute atomic E-state index is 12.0. The molecule has 0 aliphatic rings. The number of nitrogens with zero attached hydrogens (tertiary/aromatic N) is 1. The predicted molar refractivity (Wildman–Crippen MR) is 99.8 cm³/mol. The van der Waals surface area contributed by atoms with Gasteiger partial charge in [0.05, 0.1) is 16.1 Å². The van der Waals surface area contributed by atoms with Crippen molar-refractivity contribution in [1.29, 1.82) is 0 Å². The SMILES string of the molecule is CCc1ccc(C(=O)COC(=O)/C=C/c2ccc3ccccc3n2)s1. The second-order valence-electron chi connectivity index (χ2n) is 5.41. The van der Waals surface area contributed by atoms with Gasteiger partial charge in [-0.25, -0.2) is 9.78 Å². The Hall–Kier alpha value is -2.79. The van der Waals surface area contributed by atoms with Gasteiger partial charge in [0.2, 0.25) is 5.78 Å². The van der Waals surface area contributed by atoms with Crippen molar-refractivity contribution in [2.24, 2.45) is 0 Å². The molecule has 1 aromatic carbocycles. The van der Waals surface area contributed by atoms with Crippen molar-refractivity contribution < 1.29 is 14.3 Å². The fraction of sp³-hybridized carbons (Fsp3) is 0.150. The Bertz CT molecular complexity index is 943. The van der Waals surface area contributed by atoms with Crippen LogP contribution in [0.3, 0.4) is 0 Å². The van der Waals surface area contributed by atoms with Crippen LogP contribution in [-0.4, -0.2) is 23.3 Å². The second-order valence-corrected chi connectivity index (χ2v) is 6.58. The average Bonchev–Trinajstić information content (AvgIpc) is 3.13. The number of carbonyl (C=O) groups is 2. The van der Waals surface area contributed by atoms with Gasteiger partial charge < -0.3 is 4.74 Å². The van der Waals surface area contributed by atoms with Gasteiger partial charge in [0.1, 0.15) is 0 Å². The molecule has 0 saturated heterocycles. The Morgan fingerprint density at radius 3 is 2.76 bits per heavy atom. The van der Waals surface area contributed by atoms with Gasteiger partial charge in [0.25, 0.3) is 0 Å². The topological polar surface area (TPSA) is 56.3 Å². The lowest BCUT2D eigenvalue weighted by Crippen LogP contribution is -2.11. The number of ketones is 1. The van der Waals surface area contributed by atoms with Gasteiger partial charge >= 0.3 is 5.97 Å². The first-order valence-electron chi connectivity index (χ1n) is 7.98. The number of aryl methyl sites for hydroxylation is 1. The number of benzene rings is 1. The van der Waals surface area contributed by atoms with E-state index in [1.807, 2.05) is 49.4 Å². The van der Waals surface area contributed by atoms with Crippen molar-refractivity contribution >= 4 is 40.1 Å². The zero-order chi connectivity index (χ0) is 17.6. The standard InChI is InChI=1S/C20H17NO3S/c1-2-16-10-11-19(25-16)18(22)13-24-20(23)12-9-15-8-7-14-5-3-4-6-17(14)21-15/h3-12H,2,13H2,1H3/b12-9+. The summed E-state index contributed by atoms with van der Waals surface area (Å²) >= 11 is 1.44. The fourth-order valence-electron chi connectivity index (χ4n) is 2.30. The summed E-state index contributed by atoms with van der Waals surface area (Å²) in [6.07, 6.45) is 3.76. The van der Waals surface area contributed by atoms with E-state index in [1.165, 1.54) is 17.4 Å². The van der Waals surface area contributed by atoms with Gasteiger partial charge in [0, 0.05) is 16.3 Å². The molecule has 4 nitrogen and oxygen atoms in total. The molecule has 126 valence electrons. The molecule has 0 aliphatic heterocycles. The third-order valence-electron chi connectivity index (χ3n) is 3.64. The van der Waals surface area contributed by atoms with Gasteiger partial charge in [-0.15, -0.1) is 11.3 Å². The van der Waals surface area contributed by atoms with E-state index >= 15 is 0 Å². The Kier molecular flexibility index (Phi) is 5.36. The largest absolute Gasteiger partial charge is 0.454 e. The van der Waals surface area contributed by atoms with E-state index in [9.17, 15) is 9.59 Å². The molecule has 3 rings (SSSR count). The number of esters is 1. The number of hydrogen-bond donors (Lipinski definition) is 0. The third kappa shape index (κ3) is 4.39. The summed E-state index contributed by atoms with van der Waals surface area (Å²) in [5.74, 6) is -0.745. The molecule has 0 fully saturated rings. The summed E-state index contributed by atoms with van der Waals surface area (Å²) in [4.78, 5) is 30.0. The highest BCUT2D eigenvalue weighted by Gasteiger charge is 2.11. The number of ether oxygens (including phenoxy) is 1. The van der Waals surface area contributed by atoms with Crippen molar-refractivity contribution in [1.82, 2.24) is 4.98 Å². The second kappa shape index (κ2) is 7.85. The number of aromatic nitrogens is 1. The van der Waals surface area contributed by atoms with E-state index in [4.69, 9.17) is 4.74 Å². The van der Waals surface area contributed by atoms with Crippen LogP contribution in [-0.2, 0) is 16.0 Å². The summed E-state index contributed by atoms with van der Waals surface area (Å²) < 4.78 is 5.01. The molecule has 3 aromatic rings. The Labute approximate surface area is 149 Å². The van der Waals surface area contributed by atoms with Gasteiger partial charge in [-0.05, 0) is 36.8 Å². The van der Waals surface area contributed by atoms with Gasteiger partial charge in [-0.2, -0.15) is 0 Å². The van der Waals surface area contributed by atoms with Crippen LogP contribution in [0.2, 0.25) is 0 Å². The van der Waals surface area contributed by atoms with Crippen LogP contribution in [0.4, 0.5) is 0 Å². The minimum atomic E-state index is -0.560. The number of pyridine rings is 1. The van der Waals surface area contributed by atoms with Crippen molar-refractivity contribution in [2.45, 2.75) is 13.3 Å².